The summed E-state index contributed by atoms with van der Waals surface area (Å²) in [5.41, 5.74) is 2.98. The van der Waals surface area contributed by atoms with Gasteiger partial charge in [-0.05, 0) is 52.5 Å². The lowest BCUT2D eigenvalue weighted by atomic mass is 10.1. The zero-order valence-electron chi connectivity index (χ0n) is 11.1. The normalized spacial score (nSPS) is 11.2. The highest BCUT2D eigenvalue weighted by atomic mass is 79.9. The highest BCUT2D eigenvalue weighted by Gasteiger charge is 2.11. The molecule has 0 saturated carbocycles. The van der Waals surface area contributed by atoms with Crippen LogP contribution in [0.5, 0.6) is 0 Å². The van der Waals surface area contributed by atoms with E-state index in [1.165, 1.54) is 11.6 Å². The molecule has 4 heteroatoms. The van der Waals surface area contributed by atoms with Crippen molar-refractivity contribution in [2.24, 2.45) is 0 Å². The Morgan fingerprint density at radius 3 is 2.75 bits per heavy atom. The molecule has 0 aliphatic carbocycles. The number of aromatic nitrogens is 2. The molecule has 0 unspecified atom stereocenters. The predicted octanol–water partition coefficient (Wildman–Crippen LogP) is 4.33. The van der Waals surface area contributed by atoms with E-state index in [0.29, 0.717) is 12.8 Å². The average Bonchev–Trinajstić information content (AvgIpc) is 2.76. The molecular weight excluding hydrogens is 319 g/mol. The molecule has 20 heavy (non-hydrogen) atoms. The van der Waals surface area contributed by atoms with Crippen molar-refractivity contribution in [3.63, 3.8) is 0 Å². The molecule has 0 fully saturated rings. The minimum absolute atomic E-state index is 0.149. The van der Waals surface area contributed by atoms with E-state index in [1.54, 1.807) is 6.07 Å². The third-order valence-corrected chi connectivity index (χ3v) is 4.03. The zero-order valence-corrected chi connectivity index (χ0v) is 12.7. The summed E-state index contributed by atoms with van der Waals surface area (Å²) in [5, 5.41) is 0. The Morgan fingerprint density at radius 1 is 1.15 bits per heavy atom. The summed E-state index contributed by atoms with van der Waals surface area (Å²) in [5.74, 6) is 0.794. The van der Waals surface area contributed by atoms with Gasteiger partial charge in [-0.25, -0.2) is 9.37 Å². The molecule has 0 N–H and O–H groups in total. The number of hydrogen-bond donors (Lipinski definition) is 0. The molecule has 3 aromatic rings. The van der Waals surface area contributed by atoms with E-state index < -0.39 is 0 Å². The fraction of sp³-hybridized carbons (Fsp3) is 0.188. The van der Waals surface area contributed by atoms with Gasteiger partial charge in [0.2, 0.25) is 0 Å². The van der Waals surface area contributed by atoms with Gasteiger partial charge in [0.25, 0.3) is 0 Å². The van der Waals surface area contributed by atoms with Gasteiger partial charge in [-0.3, -0.25) is 0 Å². The average molecular weight is 333 g/mol. The SMILES string of the molecule is Cc1cccn2c(CCc3ccccc3F)nc(Br)c12. The largest absolute Gasteiger partial charge is 0.302 e. The molecule has 0 bridgehead atoms. The van der Waals surface area contributed by atoms with Crippen LogP contribution in [-0.2, 0) is 12.8 Å². The molecule has 2 aromatic heterocycles. The van der Waals surface area contributed by atoms with Crippen LogP contribution in [0.4, 0.5) is 4.39 Å². The monoisotopic (exact) mass is 332 g/mol. The molecule has 0 aliphatic heterocycles. The number of benzene rings is 1. The van der Waals surface area contributed by atoms with E-state index in [1.807, 2.05) is 24.4 Å². The summed E-state index contributed by atoms with van der Waals surface area (Å²) >= 11 is 3.50. The highest BCUT2D eigenvalue weighted by molar-refractivity contribution is 9.10. The second kappa shape index (κ2) is 5.37. The molecule has 0 amide bonds. The van der Waals surface area contributed by atoms with Gasteiger partial charge in [-0.1, -0.05) is 24.3 Å². The zero-order chi connectivity index (χ0) is 14.1. The van der Waals surface area contributed by atoms with Crippen LogP contribution in [0.15, 0.2) is 47.2 Å². The van der Waals surface area contributed by atoms with E-state index in [4.69, 9.17) is 0 Å². The minimum atomic E-state index is -0.149. The molecule has 2 heterocycles. The first-order chi connectivity index (χ1) is 9.66. The van der Waals surface area contributed by atoms with Gasteiger partial charge in [0, 0.05) is 12.6 Å². The van der Waals surface area contributed by atoms with Crippen molar-refractivity contribution in [3.8, 4) is 0 Å². The van der Waals surface area contributed by atoms with Crippen LogP contribution in [0.1, 0.15) is 17.0 Å². The third-order valence-electron chi connectivity index (χ3n) is 3.47. The van der Waals surface area contributed by atoms with Gasteiger partial charge in [0.05, 0.1) is 5.52 Å². The number of fused-ring (bicyclic) bond motifs is 1. The summed E-state index contributed by atoms with van der Waals surface area (Å²) in [6.45, 7) is 2.06. The van der Waals surface area contributed by atoms with E-state index in [2.05, 4.69) is 38.3 Å². The Kier molecular flexibility index (Phi) is 3.57. The minimum Gasteiger partial charge on any atom is -0.302 e. The lowest BCUT2D eigenvalue weighted by Crippen LogP contribution is -1.99. The lowest BCUT2D eigenvalue weighted by molar-refractivity contribution is 0.607. The number of imidazole rings is 1. The van der Waals surface area contributed by atoms with Crippen LogP contribution in [-0.4, -0.2) is 9.38 Å². The van der Waals surface area contributed by atoms with Gasteiger partial charge in [-0.15, -0.1) is 0 Å². The van der Waals surface area contributed by atoms with E-state index in [0.717, 1.165) is 21.5 Å². The highest BCUT2D eigenvalue weighted by Crippen LogP contribution is 2.23. The van der Waals surface area contributed by atoms with Crippen LogP contribution in [0.2, 0.25) is 0 Å². The van der Waals surface area contributed by atoms with Crippen molar-refractivity contribution < 1.29 is 4.39 Å². The molecule has 0 radical (unpaired) electrons. The first-order valence-electron chi connectivity index (χ1n) is 6.52. The first kappa shape index (κ1) is 13.3. The Morgan fingerprint density at radius 2 is 1.95 bits per heavy atom. The van der Waals surface area contributed by atoms with Crippen molar-refractivity contribution >= 4 is 21.4 Å². The summed E-state index contributed by atoms with van der Waals surface area (Å²) in [6, 6.07) is 11.0. The molecule has 2 nitrogen and oxygen atoms in total. The number of pyridine rings is 1. The lowest BCUT2D eigenvalue weighted by Gasteiger charge is -2.04. The van der Waals surface area contributed by atoms with Crippen LogP contribution in [0.3, 0.4) is 0 Å². The van der Waals surface area contributed by atoms with Crippen molar-refractivity contribution in [1.82, 2.24) is 9.38 Å². The Hall–Kier alpha value is -1.68. The van der Waals surface area contributed by atoms with E-state index in [9.17, 15) is 4.39 Å². The van der Waals surface area contributed by atoms with Crippen molar-refractivity contribution in [3.05, 3.63) is 70.0 Å². The molecule has 1 aromatic carbocycles. The Labute approximate surface area is 125 Å². The van der Waals surface area contributed by atoms with Gasteiger partial charge in [0.1, 0.15) is 16.2 Å². The van der Waals surface area contributed by atoms with Crippen LogP contribution in [0, 0.1) is 12.7 Å². The smallest absolute Gasteiger partial charge is 0.132 e. The predicted molar refractivity (Wildman–Crippen MR) is 81.4 cm³/mol. The standard InChI is InChI=1S/C16H14BrFN2/c1-11-5-4-10-20-14(19-16(17)15(11)20)9-8-12-6-2-3-7-13(12)18/h2-7,10H,8-9H2,1H3. The van der Waals surface area contributed by atoms with Crippen LogP contribution < -0.4 is 0 Å². The van der Waals surface area contributed by atoms with Crippen LogP contribution in [0.25, 0.3) is 5.52 Å². The maximum Gasteiger partial charge on any atom is 0.132 e. The summed E-state index contributed by atoms with van der Waals surface area (Å²) in [6.07, 6.45) is 3.35. The Balaban J connectivity index is 1.93. The van der Waals surface area contributed by atoms with Crippen molar-refractivity contribution in [2.75, 3.05) is 0 Å². The summed E-state index contributed by atoms with van der Waals surface area (Å²) in [4.78, 5) is 4.55. The summed E-state index contributed by atoms with van der Waals surface area (Å²) in [7, 11) is 0. The van der Waals surface area contributed by atoms with E-state index in [-0.39, 0.29) is 5.82 Å². The molecule has 0 aliphatic rings. The fourth-order valence-corrected chi connectivity index (χ4v) is 3.15. The maximum absolute atomic E-state index is 13.6. The Bertz CT molecular complexity index is 764. The number of hydrogen-bond acceptors (Lipinski definition) is 1. The maximum atomic E-state index is 13.6. The molecule has 0 atom stereocenters. The van der Waals surface area contributed by atoms with Gasteiger partial charge >= 0.3 is 0 Å². The second-order valence-electron chi connectivity index (χ2n) is 4.82. The third kappa shape index (κ3) is 2.36. The number of aryl methyl sites for hydroxylation is 3. The van der Waals surface area contributed by atoms with E-state index >= 15 is 0 Å². The second-order valence-corrected chi connectivity index (χ2v) is 5.57. The molecule has 3 rings (SSSR count). The molecular formula is C16H14BrFN2. The topological polar surface area (TPSA) is 17.3 Å². The molecule has 0 saturated heterocycles. The van der Waals surface area contributed by atoms with Gasteiger partial charge < -0.3 is 4.40 Å². The fourth-order valence-electron chi connectivity index (χ4n) is 2.44. The number of halogens is 2. The molecule has 102 valence electrons. The number of rotatable bonds is 3. The van der Waals surface area contributed by atoms with Crippen molar-refractivity contribution in [1.29, 1.82) is 0 Å². The quantitative estimate of drug-likeness (QED) is 0.697. The van der Waals surface area contributed by atoms with Crippen LogP contribution >= 0.6 is 15.9 Å². The van der Waals surface area contributed by atoms with Crippen molar-refractivity contribution in [2.45, 2.75) is 19.8 Å². The number of nitrogens with zero attached hydrogens (tertiary/aromatic N) is 2. The van der Waals surface area contributed by atoms with Gasteiger partial charge in [-0.2, -0.15) is 0 Å². The summed E-state index contributed by atoms with van der Waals surface area (Å²) < 4.78 is 16.6. The first-order valence-corrected chi connectivity index (χ1v) is 7.31. The molecule has 0 spiro atoms. The van der Waals surface area contributed by atoms with Gasteiger partial charge in [0.15, 0.2) is 0 Å².